The first kappa shape index (κ1) is 19.3. The minimum absolute atomic E-state index is 0.108. The summed E-state index contributed by atoms with van der Waals surface area (Å²) in [5.74, 6) is -0.0822. The fourth-order valence-corrected chi connectivity index (χ4v) is 5.09. The average Bonchev–Trinajstić information content (AvgIpc) is 3.34. The largest absolute Gasteiger partial charge is 0.508 e. The van der Waals surface area contributed by atoms with Crippen molar-refractivity contribution in [3.8, 4) is 23.0 Å². The molecule has 3 atom stereocenters. The first-order valence-corrected chi connectivity index (χ1v) is 10.0. The fourth-order valence-electron chi connectivity index (χ4n) is 5.09. The smallest absolute Gasteiger partial charge is 0.308 e. The molecule has 31 heavy (non-hydrogen) atoms. The van der Waals surface area contributed by atoms with Crippen LogP contribution in [0.15, 0.2) is 60.7 Å². The molecule has 0 aromatic heterocycles. The monoisotopic (exact) mass is 418 g/mol. The summed E-state index contributed by atoms with van der Waals surface area (Å²) in [5, 5.41) is 20.7. The second kappa shape index (κ2) is 6.94. The molecule has 0 amide bonds. The predicted octanol–water partition coefficient (Wildman–Crippen LogP) is 4.28. The van der Waals surface area contributed by atoms with Gasteiger partial charge in [-0.15, -0.1) is 0 Å². The van der Waals surface area contributed by atoms with Crippen LogP contribution >= 0.6 is 0 Å². The maximum Gasteiger partial charge on any atom is 0.308 e. The number of hydrogen-bond donors (Lipinski definition) is 2. The maximum absolute atomic E-state index is 12.7. The first-order chi connectivity index (χ1) is 14.9. The minimum atomic E-state index is -0.906. The molecule has 6 heteroatoms. The Labute approximate surface area is 179 Å². The van der Waals surface area contributed by atoms with Crippen molar-refractivity contribution in [1.29, 1.82) is 0 Å². The molecule has 5 rings (SSSR count). The lowest BCUT2D eigenvalue weighted by Crippen LogP contribution is -2.37. The molecule has 1 aliphatic heterocycles. The van der Waals surface area contributed by atoms with Crippen LogP contribution in [-0.4, -0.2) is 30.1 Å². The van der Waals surface area contributed by atoms with Crippen LogP contribution in [0.5, 0.6) is 23.0 Å². The Morgan fingerprint density at radius 2 is 1.77 bits per heavy atom. The molecule has 3 unspecified atom stereocenters. The molecule has 3 aromatic carbocycles. The molecule has 1 aliphatic carbocycles. The van der Waals surface area contributed by atoms with Gasteiger partial charge in [0.25, 0.3) is 0 Å². The Morgan fingerprint density at radius 3 is 2.48 bits per heavy atom. The van der Waals surface area contributed by atoms with E-state index < -0.39 is 23.2 Å². The van der Waals surface area contributed by atoms with Crippen molar-refractivity contribution in [2.75, 3.05) is 13.9 Å². The van der Waals surface area contributed by atoms with Crippen LogP contribution in [0.4, 0.5) is 0 Å². The average molecular weight is 418 g/mol. The van der Waals surface area contributed by atoms with E-state index in [2.05, 4.69) is 0 Å². The minimum Gasteiger partial charge on any atom is -0.508 e. The van der Waals surface area contributed by atoms with E-state index in [1.54, 1.807) is 19.2 Å². The van der Waals surface area contributed by atoms with Crippen LogP contribution in [0.1, 0.15) is 35.1 Å². The molecule has 0 saturated carbocycles. The van der Waals surface area contributed by atoms with Gasteiger partial charge in [-0.25, -0.2) is 0 Å². The summed E-state index contributed by atoms with van der Waals surface area (Å²) < 4.78 is 16.3. The van der Waals surface area contributed by atoms with Crippen molar-refractivity contribution in [3.05, 3.63) is 82.9 Å². The molecule has 0 radical (unpaired) electrons. The fraction of sp³-hybridized carbons (Fsp3) is 0.240. The standard InChI is InChI=1S/C25H22O6/c1-25(15-5-10-20-21(11-15)31-13-30-20)19-9-6-16(26)12-18(19)22(23(25)24(27)28)14-3-7-17(29-2)8-4-14/h3-12,22-23,26H,13H2,1-2H3,(H,27,28). The maximum atomic E-state index is 12.7. The van der Waals surface area contributed by atoms with Crippen LogP contribution < -0.4 is 14.2 Å². The van der Waals surface area contributed by atoms with Gasteiger partial charge >= 0.3 is 5.97 Å². The predicted molar refractivity (Wildman–Crippen MR) is 113 cm³/mol. The van der Waals surface area contributed by atoms with E-state index in [1.165, 1.54) is 0 Å². The highest BCUT2D eigenvalue weighted by Gasteiger charge is 2.54. The molecular weight excluding hydrogens is 396 g/mol. The van der Waals surface area contributed by atoms with Gasteiger partial charge in [-0.05, 0) is 58.7 Å². The summed E-state index contributed by atoms with van der Waals surface area (Å²) >= 11 is 0. The number of methoxy groups -OCH3 is 1. The number of carboxylic acids is 1. The van der Waals surface area contributed by atoms with Gasteiger partial charge in [0, 0.05) is 11.3 Å². The third-order valence-corrected chi connectivity index (χ3v) is 6.60. The highest BCUT2D eigenvalue weighted by atomic mass is 16.7. The van der Waals surface area contributed by atoms with Gasteiger partial charge in [-0.2, -0.15) is 0 Å². The number of benzene rings is 3. The van der Waals surface area contributed by atoms with Gasteiger partial charge in [0.05, 0.1) is 13.0 Å². The van der Waals surface area contributed by atoms with Gasteiger partial charge in [0.1, 0.15) is 11.5 Å². The van der Waals surface area contributed by atoms with E-state index in [-0.39, 0.29) is 12.5 Å². The van der Waals surface area contributed by atoms with E-state index in [0.717, 1.165) is 22.3 Å². The lowest BCUT2D eigenvalue weighted by Gasteiger charge is -2.33. The number of fused-ring (bicyclic) bond motifs is 2. The molecule has 1 heterocycles. The summed E-state index contributed by atoms with van der Waals surface area (Å²) in [5.41, 5.74) is 2.51. The summed E-state index contributed by atoms with van der Waals surface area (Å²) in [6, 6.07) is 18.1. The van der Waals surface area contributed by atoms with Crippen molar-refractivity contribution < 1.29 is 29.2 Å². The molecule has 0 fully saturated rings. The van der Waals surface area contributed by atoms with Gasteiger partial charge in [-0.3, -0.25) is 4.79 Å². The SMILES string of the molecule is COc1ccc(C2c3cc(O)ccc3C(C)(c3ccc4c(c3)OCO4)C2C(=O)O)cc1. The van der Waals surface area contributed by atoms with Crippen molar-refractivity contribution in [2.24, 2.45) is 5.92 Å². The van der Waals surface area contributed by atoms with Crippen molar-refractivity contribution in [1.82, 2.24) is 0 Å². The second-order valence-electron chi connectivity index (χ2n) is 8.11. The highest BCUT2D eigenvalue weighted by molar-refractivity contribution is 5.80. The first-order valence-electron chi connectivity index (χ1n) is 10.0. The zero-order chi connectivity index (χ0) is 21.8. The Bertz CT molecular complexity index is 1170. The summed E-state index contributed by atoms with van der Waals surface area (Å²) in [4.78, 5) is 12.7. The highest BCUT2D eigenvalue weighted by Crippen LogP contribution is 2.57. The van der Waals surface area contributed by atoms with Gasteiger partial charge in [-0.1, -0.05) is 31.2 Å². The molecule has 2 aliphatic rings. The number of aliphatic carboxylic acids is 1. The number of rotatable bonds is 4. The molecule has 0 bridgehead atoms. The summed E-state index contributed by atoms with van der Waals surface area (Å²) in [6.45, 7) is 2.10. The normalized spacial score (nSPS) is 23.4. The number of phenolic OH excluding ortho intramolecular Hbond substituents is 1. The topological polar surface area (TPSA) is 85.2 Å². The van der Waals surface area contributed by atoms with Crippen molar-refractivity contribution in [2.45, 2.75) is 18.3 Å². The number of ether oxygens (including phenoxy) is 3. The molecular formula is C25H22O6. The van der Waals surface area contributed by atoms with Gasteiger partial charge < -0.3 is 24.4 Å². The zero-order valence-electron chi connectivity index (χ0n) is 17.2. The molecule has 6 nitrogen and oxygen atoms in total. The van der Waals surface area contributed by atoms with Gasteiger partial charge in [0.15, 0.2) is 11.5 Å². The third-order valence-electron chi connectivity index (χ3n) is 6.60. The van der Waals surface area contributed by atoms with E-state index in [4.69, 9.17) is 14.2 Å². The number of hydrogen-bond acceptors (Lipinski definition) is 5. The van der Waals surface area contributed by atoms with E-state index >= 15 is 0 Å². The van der Waals surface area contributed by atoms with Crippen LogP contribution in [0.25, 0.3) is 0 Å². The molecule has 2 N–H and O–H groups in total. The number of carboxylic acid groups (broad SMARTS) is 1. The zero-order valence-corrected chi connectivity index (χ0v) is 17.2. The van der Waals surface area contributed by atoms with Crippen LogP contribution in [0.2, 0.25) is 0 Å². The Hall–Kier alpha value is -3.67. The molecule has 0 saturated heterocycles. The number of phenols is 1. The number of aromatic hydroxyl groups is 1. The third kappa shape index (κ3) is 2.82. The lowest BCUT2D eigenvalue weighted by atomic mass is 9.68. The van der Waals surface area contributed by atoms with Crippen LogP contribution in [-0.2, 0) is 10.2 Å². The lowest BCUT2D eigenvalue weighted by molar-refractivity contribution is -0.143. The van der Waals surface area contributed by atoms with E-state index in [0.29, 0.717) is 17.2 Å². The number of carbonyl (C=O) groups is 1. The second-order valence-corrected chi connectivity index (χ2v) is 8.11. The van der Waals surface area contributed by atoms with E-state index in [1.807, 2.05) is 55.5 Å². The molecule has 158 valence electrons. The quantitative estimate of drug-likeness (QED) is 0.658. The molecule has 3 aromatic rings. The Morgan fingerprint density at radius 1 is 1.03 bits per heavy atom. The summed E-state index contributed by atoms with van der Waals surface area (Å²) in [7, 11) is 1.59. The van der Waals surface area contributed by atoms with Crippen LogP contribution in [0.3, 0.4) is 0 Å². The van der Waals surface area contributed by atoms with Crippen molar-refractivity contribution in [3.63, 3.8) is 0 Å². The Kier molecular flexibility index (Phi) is 4.32. The van der Waals surface area contributed by atoms with E-state index in [9.17, 15) is 15.0 Å². The molecule has 0 spiro atoms. The Balaban J connectivity index is 1.74. The van der Waals surface area contributed by atoms with Crippen LogP contribution in [0, 0.1) is 5.92 Å². The summed E-state index contributed by atoms with van der Waals surface area (Å²) in [6.07, 6.45) is 0. The van der Waals surface area contributed by atoms with Crippen molar-refractivity contribution >= 4 is 5.97 Å². The van der Waals surface area contributed by atoms with Gasteiger partial charge in [0.2, 0.25) is 6.79 Å².